The summed E-state index contributed by atoms with van der Waals surface area (Å²) in [4.78, 5) is 0. The van der Waals surface area contributed by atoms with Gasteiger partial charge in [0.1, 0.15) is 17.2 Å². The molecule has 0 fully saturated rings. The van der Waals surface area contributed by atoms with Crippen LogP contribution < -0.4 is 16.4 Å². The molecule has 0 heterocycles. The van der Waals surface area contributed by atoms with Gasteiger partial charge < -0.3 is 34.5 Å². The van der Waals surface area contributed by atoms with E-state index in [1.807, 2.05) is 0 Å². The molecule has 3 rings (SSSR count). The van der Waals surface area contributed by atoms with E-state index in [4.69, 9.17) is 9.14 Å². The van der Waals surface area contributed by atoms with E-state index in [2.05, 4.69) is 0 Å². The van der Waals surface area contributed by atoms with Crippen LogP contribution in [0.3, 0.4) is 0 Å². The zero-order valence-corrected chi connectivity index (χ0v) is 17.5. The highest BCUT2D eigenvalue weighted by Gasteiger charge is 2.37. The third-order valence-corrected chi connectivity index (χ3v) is 5.10. The molecular weight excluding hydrogens is 397 g/mol. The van der Waals surface area contributed by atoms with E-state index in [1.54, 1.807) is 57.2 Å². The maximum Gasteiger partial charge on any atom is 0.481 e. The van der Waals surface area contributed by atoms with E-state index in [1.165, 1.54) is 18.2 Å². The molecule has 158 valence electrons. The average molecular weight is 420 g/mol. The van der Waals surface area contributed by atoms with Gasteiger partial charge in [-0.25, -0.2) is 0 Å². The van der Waals surface area contributed by atoms with Crippen LogP contribution in [-0.2, 0) is 9.14 Å². The van der Waals surface area contributed by atoms with Crippen LogP contribution in [0.1, 0.15) is 16.7 Å². The number of rotatable bonds is 7. The Labute approximate surface area is 182 Å². The van der Waals surface area contributed by atoms with Crippen molar-refractivity contribution in [3.63, 3.8) is 0 Å². The number of aromatic hydroxyl groups is 3. The normalized spacial score (nSPS) is 10.7. The summed E-state index contributed by atoms with van der Waals surface area (Å²) in [6, 6.07) is 14.5. The zero-order chi connectivity index (χ0) is 22.7. The molecule has 0 spiro atoms. The van der Waals surface area contributed by atoms with E-state index in [-0.39, 0.29) is 33.6 Å². The van der Waals surface area contributed by atoms with Crippen molar-refractivity contribution in [2.75, 3.05) is 0 Å². The minimum absolute atomic E-state index is 0.105. The summed E-state index contributed by atoms with van der Waals surface area (Å²) in [5.74, 6) is -0.410. The van der Waals surface area contributed by atoms with Crippen LogP contribution in [0, 0.1) is 20.8 Å². The number of phenols is 3. The van der Waals surface area contributed by atoms with Crippen molar-refractivity contribution in [1.82, 2.24) is 0 Å². The summed E-state index contributed by atoms with van der Waals surface area (Å²) in [5.41, 5.74) is 2.00. The number of phenolic OH excluding ortho intramolecular Hbond substituents is 3. The molecule has 0 saturated carbocycles. The van der Waals surface area contributed by atoms with Crippen LogP contribution in [0.2, 0.25) is 0 Å². The molecule has 0 amide bonds. The topological polar surface area (TPSA) is 120 Å². The van der Waals surface area contributed by atoms with Gasteiger partial charge in [0.15, 0.2) is 0 Å². The van der Waals surface area contributed by atoms with Gasteiger partial charge >= 0.3 is 21.4 Å². The van der Waals surface area contributed by atoms with Gasteiger partial charge in [0.2, 0.25) is 0 Å². The Hall–Kier alpha value is -2.91. The van der Waals surface area contributed by atoms with Gasteiger partial charge in [-0.3, -0.25) is 0 Å². The van der Waals surface area contributed by atoms with Crippen molar-refractivity contribution in [2.24, 2.45) is 0 Å². The fourth-order valence-electron chi connectivity index (χ4n) is 3.19. The van der Waals surface area contributed by atoms with Crippen LogP contribution in [-0.4, -0.2) is 46.7 Å². The SMILES string of the molecule is Cc1cccc(B(O)OB(OB(O)c2cccc(C)c2O)c2cccc(C)c2O)c1O. The van der Waals surface area contributed by atoms with Gasteiger partial charge in [0.25, 0.3) is 0 Å². The number of hydrogen-bond donors (Lipinski definition) is 5. The summed E-state index contributed by atoms with van der Waals surface area (Å²) in [7, 11) is -4.67. The van der Waals surface area contributed by atoms with E-state index >= 15 is 0 Å². The molecule has 10 heteroatoms. The second-order valence-corrected chi connectivity index (χ2v) is 7.35. The van der Waals surface area contributed by atoms with E-state index in [9.17, 15) is 25.4 Å². The molecular formula is C21H23B3O7. The van der Waals surface area contributed by atoms with Crippen LogP contribution >= 0.6 is 0 Å². The highest BCUT2D eigenvalue weighted by Crippen LogP contribution is 2.18. The van der Waals surface area contributed by atoms with Crippen molar-refractivity contribution >= 4 is 37.7 Å². The zero-order valence-electron chi connectivity index (χ0n) is 17.5. The van der Waals surface area contributed by atoms with Gasteiger partial charge in [-0.1, -0.05) is 54.6 Å². The van der Waals surface area contributed by atoms with Crippen molar-refractivity contribution in [1.29, 1.82) is 0 Å². The summed E-state index contributed by atoms with van der Waals surface area (Å²) >= 11 is 0. The van der Waals surface area contributed by atoms with Gasteiger partial charge in [0.05, 0.1) is 0 Å². The maximum absolute atomic E-state index is 10.6. The highest BCUT2D eigenvalue weighted by molar-refractivity contribution is 6.80. The van der Waals surface area contributed by atoms with E-state index in [0.717, 1.165) is 0 Å². The lowest BCUT2D eigenvalue weighted by Gasteiger charge is -2.22. The highest BCUT2D eigenvalue weighted by atomic mass is 16.6. The smallest absolute Gasteiger partial charge is 0.481 e. The summed E-state index contributed by atoms with van der Waals surface area (Å²) in [5, 5.41) is 52.3. The van der Waals surface area contributed by atoms with Crippen molar-refractivity contribution < 1.29 is 34.5 Å². The maximum atomic E-state index is 10.6. The fraction of sp³-hybridized carbons (Fsp3) is 0.143. The predicted molar refractivity (Wildman–Crippen MR) is 121 cm³/mol. The van der Waals surface area contributed by atoms with Gasteiger partial charge in [-0.15, -0.1) is 0 Å². The quantitative estimate of drug-likeness (QED) is 0.348. The molecule has 0 aliphatic heterocycles. The third-order valence-electron chi connectivity index (χ3n) is 5.10. The van der Waals surface area contributed by atoms with E-state index < -0.39 is 21.4 Å². The molecule has 7 nitrogen and oxygen atoms in total. The van der Waals surface area contributed by atoms with Crippen molar-refractivity contribution in [2.45, 2.75) is 20.8 Å². The first kappa shape index (κ1) is 22.8. The second kappa shape index (κ2) is 9.49. The number of hydrogen-bond acceptors (Lipinski definition) is 7. The average Bonchev–Trinajstić information content (AvgIpc) is 2.73. The monoisotopic (exact) mass is 420 g/mol. The fourth-order valence-corrected chi connectivity index (χ4v) is 3.19. The molecule has 0 bridgehead atoms. The summed E-state index contributed by atoms with van der Waals surface area (Å²) in [6.07, 6.45) is 0. The van der Waals surface area contributed by atoms with E-state index in [0.29, 0.717) is 16.7 Å². The van der Waals surface area contributed by atoms with Crippen LogP contribution in [0.5, 0.6) is 17.2 Å². The Morgan fingerprint density at radius 2 is 0.871 bits per heavy atom. The Morgan fingerprint density at radius 1 is 0.548 bits per heavy atom. The first-order valence-electron chi connectivity index (χ1n) is 9.73. The molecule has 3 aromatic rings. The lowest BCUT2D eigenvalue weighted by atomic mass is 9.66. The number of benzene rings is 3. The molecule has 0 atom stereocenters. The predicted octanol–water partition coefficient (Wildman–Crippen LogP) is 0.232. The first-order valence-corrected chi connectivity index (χ1v) is 9.73. The summed E-state index contributed by atoms with van der Waals surface area (Å²) < 4.78 is 11.3. The minimum Gasteiger partial charge on any atom is -0.508 e. The molecule has 31 heavy (non-hydrogen) atoms. The Kier molecular flexibility index (Phi) is 6.97. The van der Waals surface area contributed by atoms with Crippen LogP contribution in [0.4, 0.5) is 0 Å². The molecule has 0 aliphatic rings. The van der Waals surface area contributed by atoms with Crippen LogP contribution in [0.15, 0.2) is 54.6 Å². The standard InChI is InChI=1S/C21H23B3O7/c1-13-7-4-10-16(19(13)25)22(28)30-24(18-12-6-9-15(3)21(18)27)31-23(29)17-11-5-8-14(2)20(17)26/h4-12,25-29H,1-3H3. The molecule has 0 aromatic heterocycles. The number of aryl methyl sites for hydroxylation is 3. The molecule has 0 unspecified atom stereocenters. The third kappa shape index (κ3) is 4.89. The van der Waals surface area contributed by atoms with Gasteiger partial charge in [-0.05, 0) is 37.5 Å². The Morgan fingerprint density at radius 3 is 1.26 bits per heavy atom. The lowest BCUT2D eigenvalue weighted by molar-refractivity contribution is 0.352. The molecule has 0 radical (unpaired) electrons. The summed E-state index contributed by atoms with van der Waals surface area (Å²) in [6.45, 7) is 5.04. The Balaban J connectivity index is 1.96. The lowest BCUT2D eigenvalue weighted by Crippen LogP contribution is -2.51. The van der Waals surface area contributed by atoms with Gasteiger partial charge in [0, 0.05) is 16.4 Å². The molecule has 0 aliphatic carbocycles. The number of para-hydroxylation sites is 3. The molecule has 3 aromatic carbocycles. The van der Waals surface area contributed by atoms with Gasteiger partial charge in [-0.2, -0.15) is 0 Å². The van der Waals surface area contributed by atoms with Crippen LogP contribution in [0.25, 0.3) is 0 Å². The second-order valence-electron chi connectivity index (χ2n) is 7.35. The largest absolute Gasteiger partial charge is 0.508 e. The molecule has 0 saturated heterocycles. The minimum atomic E-state index is -1.62. The molecule has 5 N–H and O–H groups in total. The van der Waals surface area contributed by atoms with Crippen molar-refractivity contribution in [3.8, 4) is 17.2 Å². The van der Waals surface area contributed by atoms with Crippen molar-refractivity contribution in [3.05, 3.63) is 71.3 Å². The Bertz CT molecular complexity index is 1020. The first-order chi connectivity index (χ1) is 14.7.